The van der Waals surface area contributed by atoms with Crippen molar-refractivity contribution in [3.05, 3.63) is 51.2 Å². The van der Waals surface area contributed by atoms with Gasteiger partial charge in [0.05, 0.1) is 18.3 Å². The third-order valence-electron chi connectivity index (χ3n) is 7.12. The maximum absolute atomic E-state index is 15.5. The summed E-state index contributed by atoms with van der Waals surface area (Å²) in [4.78, 5) is 38.0. The van der Waals surface area contributed by atoms with Gasteiger partial charge in [-0.2, -0.15) is 0 Å². The number of benzene rings is 1. The molecule has 0 saturated carbocycles. The zero-order valence-electron chi connectivity index (χ0n) is 19.9. The number of amides is 1. The highest BCUT2D eigenvalue weighted by molar-refractivity contribution is 6.24. The van der Waals surface area contributed by atoms with E-state index in [2.05, 4.69) is 5.32 Å². The van der Waals surface area contributed by atoms with E-state index in [1.54, 1.807) is 0 Å². The van der Waals surface area contributed by atoms with Gasteiger partial charge in [-0.05, 0) is 38.7 Å². The quantitative estimate of drug-likeness (QED) is 0.235. The van der Waals surface area contributed by atoms with Gasteiger partial charge in [0.1, 0.15) is 28.7 Å². The van der Waals surface area contributed by atoms with E-state index in [4.69, 9.17) is 10.5 Å². The molecule has 0 aliphatic heterocycles. The average molecular weight is 505 g/mol. The molecule has 0 radical (unpaired) electrons. The van der Waals surface area contributed by atoms with Gasteiger partial charge in [0.25, 0.3) is 5.91 Å². The molecular formula is C25H29FN2O8. The van der Waals surface area contributed by atoms with Crippen molar-refractivity contribution in [1.82, 2.24) is 5.32 Å². The Balaban J connectivity index is 1.69. The minimum absolute atomic E-state index is 0.0260. The van der Waals surface area contributed by atoms with Gasteiger partial charge in [-0.1, -0.05) is 0 Å². The highest BCUT2D eigenvalue weighted by Crippen LogP contribution is 2.51. The van der Waals surface area contributed by atoms with Gasteiger partial charge in [-0.15, -0.1) is 0 Å². The summed E-state index contributed by atoms with van der Waals surface area (Å²) < 4.78 is 20.9. The fourth-order valence-corrected chi connectivity index (χ4v) is 5.44. The summed E-state index contributed by atoms with van der Waals surface area (Å²) in [5.41, 5.74) is 1.13. The van der Waals surface area contributed by atoms with E-state index in [0.29, 0.717) is 13.2 Å². The number of carbonyl (C=O) groups is 3. The molecule has 1 amide bonds. The second-order valence-electron chi connectivity index (χ2n) is 9.73. The number of nitrogens with one attached hydrogen (secondary N) is 1. The number of phenolic OH excluding ortho intramolecular Hbond substituents is 1. The highest BCUT2D eigenvalue weighted by Gasteiger charge is 2.59. The molecule has 0 heterocycles. The minimum Gasteiger partial charge on any atom is -0.511 e. The van der Waals surface area contributed by atoms with E-state index < -0.39 is 63.6 Å². The molecule has 4 rings (SSSR count). The van der Waals surface area contributed by atoms with Crippen molar-refractivity contribution in [1.29, 1.82) is 0 Å². The first kappa shape index (κ1) is 25.8. The summed E-state index contributed by atoms with van der Waals surface area (Å²) in [6.45, 7) is 4.71. The van der Waals surface area contributed by atoms with E-state index in [1.807, 2.05) is 13.8 Å². The molecule has 11 heteroatoms. The first-order valence-electron chi connectivity index (χ1n) is 11.7. The van der Waals surface area contributed by atoms with Crippen LogP contribution in [0.1, 0.15) is 48.2 Å². The van der Waals surface area contributed by atoms with Gasteiger partial charge >= 0.3 is 0 Å². The van der Waals surface area contributed by atoms with E-state index in [0.717, 1.165) is 6.07 Å². The molecule has 3 aliphatic carbocycles. The number of ketones is 2. The highest BCUT2D eigenvalue weighted by atomic mass is 19.1. The lowest BCUT2D eigenvalue weighted by atomic mass is 9.60. The molecule has 7 N–H and O–H groups in total. The number of aliphatic hydroxyl groups is 3. The third kappa shape index (κ3) is 3.97. The van der Waals surface area contributed by atoms with Gasteiger partial charge < -0.3 is 36.2 Å². The number of carbonyl (C=O) groups excluding carboxylic acids is 3. The Bertz CT molecular complexity index is 1220. The number of hydrogen-bond acceptors (Lipinski definition) is 9. The first-order valence-corrected chi connectivity index (χ1v) is 11.7. The van der Waals surface area contributed by atoms with Crippen LogP contribution in [-0.2, 0) is 27.3 Å². The second-order valence-corrected chi connectivity index (χ2v) is 9.73. The van der Waals surface area contributed by atoms with Gasteiger partial charge in [0.15, 0.2) is 11.4 Å². The number of fused-ring (bicyclic) bond motifs is 3. The number of rotatable bonds is 7. The Morgan fingerprint density at radius 2 is 1.97 bits per heavy atom. The standard InChI is InChI=1S/C25H29FN2O8/c1-10(2)36-4-3-28-9-12-7-15(29)18-14(20(12)26)6-11-5-13-8-16(30)19(24(27)34)23(33)25(13,35)22(32)17(11)21(18)31/h7,10-11,13,28-30,32,35H,3-6,8-9H2,1-2H3,(H2,27,34)/t11?,13-,25-/m0/s1. The molecule has 1 aromatic rings. The number of primary amides is 1. The van der Waals surface area contributed by atoms with E-state index >= 15 is 4.39 Å². The van der Waals surface area contributed by atoms with Crippen LogP contribution in [-0.4, -0.2) is 62.8 Å². The molecule has 0 fully saturated rings. The van der Waals surface area contributed by atoms with Crippen molar-refractivity contribution in [3.63, 3.8) is 0 Å². The molecule has 36 heavy (non-hydrogen) atoms. The number of ether oxygens (including phenoxy) is 1. The summed E-state index contributed by atoms with van der Waals surface area (Å²) in [6, 6.07) is 1.12. The molecule has 3 aliphatic rings. The number of aromatic hydroxyl groups is 1. The number of hydrogen-bond donors (Lipinski definition) is 6. The largest absolute Gasteiger partial charge is 0.511 e. The van der Waals surface area contributed by atoms with Crippen LogP contribution < -0.4 is 11.1 Å². The van der Waals surface area contributed by atoms with Crippen molar-refractivity contribution in [2.45, 2.75) is 51.4 Å². The molecule has 0 saturated heterocycles. The predicted octanol–water partition coefficient (Wildman–Crippen LogP) is 1.23. The summed E-state index contributed by atoms with van der Waals surface area (Å²) in [7, 11) is 0. The molecule has 0 bridgehead atoms. The molecule has 0 spiro atoms. The fourth-order valence-electron chi connectivity index (χ4n) is 5.44. The van der Waals surface area contributed by atoms with Crippen LogP contribution in [0, 0.1) is 17.7 Å². The Morgan fingerprint density at radius 3 is 2.61 bits per heavy atom. The van der Waals surface area contributed by atoms with Gasteiger partial charge in [-0.25, -0.2) is 4.39 Å². The number of nitrogens with two attached hydrogens (primary N) is 1. The lowest BCUT2D eigenvalue weighted by Gasteiger charge is -2.45. The van der Waals surface area contributed by atoms with Crippen molar-refractivity contribution < 1.29 is 43.9 Å². The molecule has 1 unspecified atom stereocenters. The number of halogens is 1. The van der Waals surface area contributed by atoms with E-state index in [1.165, 1.54) is 0 Å². The number of phenols is 1. The Morgan fingerprint density at radius 1 is 1.28 bits per heavy atom. The van der Waals surface area contributed by atoms with Crippen molar-refractivity contribution >= 4 is 17.5 Å². The first-order chi connectivity index (χ1) is 16.9. The summed E-state index contributed by atoms with van der Waals surface area (Å²) in [5.74, 6) is -8.10. The SMILES string of the molecule is CC(C)OCCNCc1cc(O)c2c(c1F)CC1C[C@H]3CC(O)=C(C(N)=O)C(=O)[C@@]3(O)C(O)=C1C2=O. The van der Waals surface area contributed by atoms with Crippen molar-refractivity contribution in [3.8, 4) is 5.75 Å². The van der Waals surface area contributed by atoms with Gasteiger partial charge in [-0.3, -0.25) is 14.4 Å². The maximum Gasteiger partial charge on any atom is 0.255 e. The van der Waals surface area contributed by atoms with Crippen LogP contribution in [0.4, 0.5) is 4.39 Å². The number of Topliss-reactive ketones (excluding diaryl/α,β-unsaturated/α-hetero) is 2. The molecule has 194 valence electrons. The van der Waals surface area contributed by atoms with Crippen LogP contribution >= 0.6 is 0 Å². The lowest BCUT2D eigenvalue weighted by molar-refractivity contribution is -0.144. The van der Waals surface area contributed by atoms with Crippen LogP contribution in [0.3, 0.4) is 0 Å². The molecule has 3 atom stereocenters. The zero-order chi connectivity index (χ0) is 26.5. The van der Waals surface area contributed by atoms with Crippen LogP contribution in [0.5, 0.6) is 5.75 Å². The number of aliphatic hydroxyl groups excluding tert-OH is 2. The average Bonchev–Trinajstić information content (AvgIpc) is 2.78. The molecule has 0 aromatic heterocycles. The van der Waals surface area contributed by atoms with Gasteiger partial charge in [0.2, 0.25) is 5.78 Å². The summed E-state index contributed by atoms with van der Waals surface area (Å²) in [5, 5.41) is 46.0. The van der Waals surface area contributed by atoms with Crippen molar-refractivity contribution in [2.24, 2.45) is 17.6 Å². The van der Waals surface area contributed by atoms with E-state index in [9.17, 15) is 34.8 Å². The molecular weight excluding hydrogens is 475 g/mol. The molecule has 1 aromatic carbocycles. The van der Waals surface area contributed by atoms with Crippen LogP contribution in [0.2, 0.25) is 0 Å². The third-order valence-corrected chi connectivity index (χ3v) is 7.12. The second kappa shape index (κ2) is 9.30. The molecule has 10 nitrogen and oxygen atoms in total. The van der Waals surface area contributed by atoms with Crippen LogP contribution in [0.15, 0.2) is 28.7 Å². The Kier molecular flexibility index (Phi) is 6.67. The zero-order valence-corrected chi connectivity index (χ0v) is 19.9. The normalized spacial score (nSPS) is 25.7. The van der Waals surface area contributed by atoms with Crippen molar-refractivity contribution in [2.75, 3.05) is 13.2 Å². The fraction of sp³-hybridized carbons (Fsp3) is 0.480. The smallest absolute Gasteiger partial charge is 0.255 e. The number of allylic oxidation sites excluding steroid dienone is 2. The lowest BCUT2D eigenvalue weighted by Crippen LogP contribution is -2.57. The monoisotopic (exact) mass is 504 g/mol. The summed E-state index contributed by atoms with van der Waals surface area (Å²) >= 11 is 0. The maximum atomic E-state index is 15.5. The Labute approximate surface area is 206 Å². The van der Waals surface area contributed by atoms with Gasteiger partial charge in [0, 0.05) is 42.1 Å². The topological polar surface area (TPSA) is 179 Å². The van der Waals surface area contributed by atoms with E-state index in [-0.39, 0.29) is 54.2 Å². The predicted molar refractivity (Wildman–Crippen MR) is 124 cm³/mol. The Hall–Kier alpha value is -3.28. The summed E-state index contributed by atoms with van der Waals surface area (Å²) in [6.07, 6.45) is -0.435. The van der Waals surface area contributed by atoms with Crippen LogP contribution in [0.25, 0.3) is 0 Å². The minimum atomic E-state index is -2.65.